The topological polar surface area (TPSA) is 121 Å². The second-order valence-corrected chi connectivity index (χ2v) is 4.86. The summed E-state index contributed by atoms with van der Waals surface area (Å²) in [6, 6.07) is 1.02. The number of hydrogen-bond donors (Lipinski definition) is 3. The van der Waals surface area contributed by atoms with Crippen molar-refractivity contribution in [2.45, 2.75) is 26.7 Å². The van der Waals surface area contributed by atoms with Gasteiger partial charge in [0.15, 0.2) is 0 Å². The number of aliphatic hydroxyl groups excluding tert-OH is 1. The number of rotatable bonds is 7. The molecular weight excluding hydrogens is 304 g/mol. The summed E-state index contributed by atoms with van der Waals surface area (Å²) < 4.78 is 5.13. The number of carboxylic acid groups (broad SMARTS) is 2. The second kappa shape index (κ2) is 7.55. The molecule has 0 spiro atoms. The van der Waals surface area contributed by atoms with Gasteiger partial charge in [0, 0.05) is 12.2 Å². The highest BCUT2D eigenvalue weighted by Crippen LogP contribution is 2.31. The van der Waals surface area contributed by atoms with Crippen LogP contribution in [0.25, 0.3) is 0 Å². The minimum atomic E-state index is -1.46. The number of hydrogen-bond acceptors (Lipinski definition) is 5. The van der Waals surface area contributed by atoms with Crippen LogP contribution in [0, 0.1) is 0 Å². The molecule has 1 aromatic carbocycles. The molecule has 124 valence electrons. The molecule has 7 heteroatoms. The Labute approximate surface area is 132 Å². The van der Waals surface area contributed by atoms with Gasteiger partial charge < -0.3 is 20.1 Å². The molecule has 0 aromatic heterocycles. The lowest BCUT2D eigenvalue weighted by atomic mass is 9.91. The monoisotopic (exact) mass is 322 g/mol. The van der Waals surface area contributed by atoms with Crippen LogP contribution >= 0.6 is 0 Å². The zero-order chi connectivity index (χ0) is 17.7. The van der Waals surface area contributed by atoms with Crippen LogP contribution in [-0.2, 0) is 17.6 Å². The fraction of sp³-hybridized carbons (Fsp3) is 0.312. The number of carbonyl (C=O) groups is 3. The quantitative estimate of drug-likeness (QED) is 0.396. The molecule has 0 atom stereocenters. The molecule has 0 fully saturated rings. The van der Waals surface area contributed by atoms with Gasteiger partial charge in [0.2, 0.25) is 0 Å². The van der Waals surface area contributed by atoms with Crippen LogP contribution in [0.4, 0.5) is 0 Å². The Morgan fingerprint density at radius 1 is 1.17 bits per heavy atom. The molecule has 0 aliphatic rings. The molecule has 1 aromatic rings. The van der Waals surface area contributed by atoms with E-state index in [1.807, 2.05) is 0 Å². The van der Waals surface area contributed by atoms with Crippen LogP contribution in [0.5, 0.6) is 5.75 Å². The fourth-order valence-corrected chi connectivity index (χ4v) is 2.22. The fourth-order valence-electron chi connectivity index (χ4n) is 2.22. The van der Waals surface area contributed by atoms with E-state index >= 15 is 0 Å². The largest absolute Gasteiger partial charge is 0.478 e. The Morgan fingerprint density at radius 2 is 1.78 bits per heavy atom. The predicted octanol–water partition coefficient (Wildman–Crippen LogP) is 1.66. The molecule has 3 N–H and O–H groups in total. The summed E-state index contributed by atoms with van der Waals surface area (Å²) in [7, 11) is 0. The molecule has 0 aliphatic carbocycles. The van der Waals surface area contributed by atoms with Gasteiger partial charge in [-0.25, -0.2) is 14.4 Å². The van der Waals surface area contributed by atoms with Gasteiger partial charge in [-0.2, -0.15) is 0 Å². The van der Waals surface area contributed by atoms with Crippen molar-refractivity contribution in [2.75, 3.05) is 6.61 Å². The Hall–Kier alpha value is -2.67. The summed E-state index contributed by atoms with van der Waals surface area (Å²) in [6.07, 6.45) is 0.234. The highest BCUT2D eigenvalue weighted by Gasteiger charge is 2.26. The summed E-state index contributed by atoms with van der Waals surface area (Å²) in [4.78, 5) is 34.5. The molecule has 0 saturated heterocycles. The second-order valence-electron chi connectivity index (χ2n) is 4.86. The van der Waals surface area contributed by atoms with Crippen LogP contribution in [0.15, 0.2) is 18.2 Å². The lowest BCUT2D eigenvalue weighted by Crippen LogP contribution is -2.18. The third-order valence-corrected chi connectivity index (χ3v) is 3.22. The summed E-state index contributed by atoms with van der Waals surface area (Å²) in [5, 5.41) is 27.8. The zero-order valence-corrected chi connectivity index (χ0v) is 12.9. The first-order valence-electron chi connectivity index (χ1n) is 6.88. The molecule has 23 heavy (non-hydrogen) atoms. The van der Waals surface area contributed by atoms with E-state index in [1.54, 1.807) is 6.92 Å². The summed E-state index contributed by atoms with van der Waals surface area (Å²) in [6.45, 7) is 6.22. The van der Waals surface area contributed by atoms with Gasteiger partial charge in [-0.05, 0) is 37.0 Å². The number of carboxylic acids is 2. The highest BCUT2D eigenvalue weighted by molar-refractivity contribution is 6.04. The Bertz CT molecular complexity index is 673. The van der Waals surface area contributed by atoms with Crippen molar-refractivity contribution in [2.24, 2.45) is 0 Å². The number of ether oxygens (including phenoxy) is 1. The van der Waals surface area contributed by atoms with E-state index in [0.29, 0.717) is 12.0 Å². The van der Waals surface area contributed by atoms with Crippen LogP contribution in [0.3, 0.4) is 0 Å². The molecule has 0 bridgehead atoms. The molecule has 0 saturated carbocycles. The summed E-state index contributed by atoms with van der Waals surface area (Å²) in [5.41, 5.74) is -0.265. The standard InChI is InChI=1S/C16H18O7/c1-4-9-10(5-6-17)13(15(20)21)11(14(18)19)7-12(9)23-16(22)8(2)3/h7,17H,2,4-6H2,1,3H3,(H,18,19)(H,20,21). The normalized spacial score (nSPS) is 10.2. The lowest BCUT2D eigenvalue weighted by Gasteiger charge is -2.17. The number of aliphatic hydroxyl groups is 1. The first kappa shape index (κ1) is 18.4. The van der Waals surface area contributed by atoms with E-state index in [2.05, 4.69) is 6.58 Å². The zero-order valence-electron chi connectivity index (χ0n) is 12.9. The summed E-state index contributed by atoms with van der Waals surface area (Å²) >= 11 is 0. The number of aromatic carboxylic acids is 2. The van der Waals surface area contributed by atoms with E-state index < -0.39 is 29.0 Å². The molecule has 0 amide bonds. The van der Waals surface area contributed by atoms with Gasteiger partial charge in [0.05, 0.1) is 11.1 Å². The maximum Gasteiger partial charge on any atom is 0.338 e. The van der Waals surface area contributed by atoms with E-state index in [9.17, 15) is 29.7 Å². The van der Waals surface area contributed by atoms with E-state index in [4.69, 9.17) is 4.74 Å². The first-order chi connectivity index (χ1) is 10.7. The van der Waals surface area contributed by atoms with Crippen molar-refractivity contribution in [3.63, 3.8) is 0 Å². The van der Waals surface area contributed by atoms with Crippen LogP contribution in [-0.4, -0.2) is 39.8 Å². The van der Waals surface area contributed by atoms with Gasteiger partial charge in [-0.1, -0.05) is 13.5 Å². The number of benzene rings is 1. The average molecular weight is 322 g/mol. The van der Waals surface area contributed by atoms with Gasteiger partial charge in [-0.3, -0.25) is 0 Å². The number of esters is 1. The molecule has 0 unspecified atom stereocenters. The highest BCUT2D eigenvalue weighted by atomic mass is 16.5. The van der Waals surface area contributed by atoms with E-state index in [0.717, 1.165) is 6.07 Å². The Morgan fingerprint density at radius 3 is 2.17 bits per heavy atom. The Kier molecular flexibility index (Phi) is 6.03. The third-order valence-electron chi connectivity index (χ3n) is 3.22. The van der Waals surface area contributed by atoms with E-state index in [1.165, 1.54) is 6.92 Å². The SMILES string of the molecule is C=C(C)C(=O)Oc1cc(C(=O)O)c(C(=O)O)c(CCO)c1CC. The van der Waals surface area contributed by atoms with Gasteiger partial charge in [0.25, 0.3) is 0 Å². The smallest absolute Gasteiger partial charge is 0.338 e. The van der Waals surface area contributed by atoms with Crippen LogP contribution in [0.1, 0.15) is 45.7 Å². The van der Waals surface area contributed by atoms with Crippen molar-refractivity contribution in [3.8, 4) is 5.75 Å². The van der Waals surface area contributed by atoms with Gasteiger partial charge in [0.1, 0.15) is 5.75 Å². The Balaban J connectivity index is 3.70. The van der Waals surface area contributed by atoms with Crippen LogP contribution in [0.2, 0.25) is 0 Å². The van der Waals surface area contributed by atoms with Crippen molar-refractivity contribution >= 4 is 17.9 Å². The molecule has 1 rings (SSSR count). The van der Waals surface area contributed by atoms with Crippen LogP contribution < -0.4 is 4.74 Å². The summed E-state index contributed by atoms with van der Waals surface area (Å²) in [5.74, 6) is -3.66. The maximum atomic E-state index is 11.7. The predicted molar refractivity (Wildman–Crippen MR) is 81.0 cm³/mol. The number of carbonyl (C=O) groups excluding carboxylic acids is 1. The minimum absolute atomic E-state index is 0.0358. The van der Waals surface area contributed by atoms with Crippen molar-refractivity contribution in [3.05, 3.63) is 40.5 Å². The maximum absolute atomic E-state index is 11.7. The lowest BCUT2D eigenvalue weighted by molar-refractivity contribution is -0.130. The van der Waals surface area contributed by atoms with Crippen molar-refractivity contribution in [1.29, 1.82) is 0 Å². The minimum Gasteiger partial charge on any atom is -0.478 e. The van der Waals surface area contributed by atoms with Gasteiger partial charge >= 0.3 is 17.9 Å². The third kappa shape index (κ3) is 3.95. The molecule has 0 radical (unpaired) electrons. The molecule has 7 nitrogen and oxygen atoms in total. The van der Waals surface area contributed by atoms with E-state index in [-0.39, 0.29) is 29.9 Å². The van der Waals surface area contributed by atoms with Crippen molar-refractivity contribution in [1.82, 2.24) is 0 Å². The van der Waals surface area contributed by atoms with Gasteiger partial charge in [-0.15, -0.1) is 0 Å². The molecular formula is C16H18O7. The molecule has 0 aliphatic heterocycles. The average Bonchev–Trinajstić information content (AvgIpc) is 2.46. The first-order valence-corrected chi connectivity index (χ1v) is 6.88. The molecule has 0 heterocycles. The van der Waals surface area contributed by atoms with Crippen molar-refractivity contribution < 1.29 is 34.4 Å².